The van der Waals surface area contributed by atoms with Gasteiger partial charge in [-0.3, -0.25) is 4.79 Å². The van der Waals surface area contributed by atoms with Crippen molar-refractivity contribution in [3.05, 3.63) is 59.2 Å². The molecule has 1 N–H and O–H groups in total. The zero-order chi connectivity index (χ0) is 20.3. The van der Waals surface area contributed by atoms with Crippen LogP contribution in [0.15, 0.2) is 47.4 Å². The van der Waals surface area contributed by atoms with Crippen LogP contribution >= 0.6 is 0 Å². The average molecular weight is 398 g/mol. The Hall–Kier alpha value is -2.69. The van der Waals surface area contributed by atoms with Gasteiger partial charge in [0.1, 0.15) is 0 Å². The molecule has 3 rings (SSSR count). The predicted octanol–water partition coefficient (Wildman–Crippen LogP) is 3.21. The van der Waals surface area contributed by atoms with E-state index in [0.29, 0.717) is 42.1 Å². The highest BCUT2D eigenvalue weighted by Gasteiger charge is 2.32. The summed E-state index contributed by atoms with van der Waals surface area (Å²) in [6, 6.07) is 14.2. The number of carbonyl (C=O) groups is 1. The Morgan fingerprint density at radius 1 is 1.14 bits per heavy atom. The molecule has 0 aliphatic carbocycles. The van der Waals surface area contributed by atoms with E-state index in [1.807, 2.05) is 25.1 Å². The number of piperidine rings is 1. The first-order chi connectivity index (χ1) is 13.3. The van der Waals surface area contributed by atoms with Crippen LogP contribution in [-0.4, -0.2) is 31.7 Å². The van der Waals surface area contributed by atoms with Crippen LogP contribution in [0.25, 0.3) is 0 Å². The van der Waals surface area contributed by atoms with Gasteiger partial charge in [0.05, 0.1) is 16.5 Å². The van der Waals surface area contributed by atoms with E-state index in [1.54, 1.807) is 37.3 Å². The number of benzene rings is 2. The first kappa shape index (κ1) is 20.1. The second-order valence-electron chi connectivity index (χ2n) is 7.13. The Kier molecular flexibility index (Phi) is 5.82. The fraction of sp³-hybridized carbons (Fsp3) is 0.333. The van der Waals surface area contributed by atoms with Gasteiger partial charge in [-0.25, -0.2) is 8.42 Å². The van der Waals surface area contributed by atoms with Crippen molar-refractivity contribution >= 4 is 21.6 Å². The van der Waals surface area contributed by atoms with Crippen molar-refractivity contribution in [3.63, 3.8) is 0 Å². The maximum atomic E-state index is 13.0. The van der Waals surface area contributed by atoms with Gasteiger partial charge in [-0.15, -0.1) is 0 Å². The fourth-order valence-electron chi connectivity index (χ4n) is 3.39. The number of anilines is 1. The van der Waals surface area contributed by atoms with Crippen molar-refractivity contribution in [1.82, 2.24) is 4.31 Å². The topological polar surface area (TPSA) is 90.3 Å². The van der Waals surface area contributed by atoms with Gasteiger partial charge >= 0.3 is 0 Å². The Morgan fingerprint density at radius 2 is 1.86 bits per heavy atom. The molecule has 1 heterocycles. The SMILES string of the molecule is Cc1ccc(C)c(S(=O)(=O)N2CCC(C(=O)Nc3cccc(C#N)c3)CC2)c1. The molecule has 0 spiro atoms. The standard InChI is InChI=1S/C21H23N3O3S/c1-15-6-7-16(2)20(12-15)28(26,27)24-10-8-18(9-11-24)21(25)23-19-5-3-4-17(13-19)14-22/h3-7,12-13,18H,8-11H2,1-2H3,(H,23,25). The summed E-state index contributed by atoms with van der Waals surface area (Å²) in [6.07, 6.45) is 0.932. The second kappa shape index (κ2) is 8.13. The number of hydrogen-bond donors (Lipinski definition) is 1. The van der Waals surface area contributed by atoms with Crippen molar-refractivity contribution in [2.75, 3.05) is 18.4 Å². The Labute approximate surface area is 165 Å². The van der Waals surface area contributed by atoms with Crippen molar-refractivity contribution in [2.24, 2.45) is 5.92 Å². The fourth-order valence-corrected chi connectivity index (χ4v) is 5.17. The lowest BCUT2D eigenvalue weighted by Crippen LogP contribution is -2.41. The van der Waals surface area contributed by atoms with Crippen molar-refractivity contribution in [2.45, 2.75) is 31.6 Å². The predicted molar refractivity (Wildman–Crippen MR) is 107 cm³/mol. The maximum Gasteiger partial charge on any atom is 0.243 e. The van der Waals surface area contributed by atoms with Gasteiger partial charge in [0.15, 0.2) is 0 Å². The van der Waals surface area contributed by atoms with E-state index >= 15 is 0 Å². The van der Waals surface area contributed by atoms with Crippen LogP contribution in [0.5, 0.6) is 0 Å². The summed E-state index contributed by atoms with van der Waals surface area (Å²) < 4.78 is 27.5. The lowest BCUT2D eigenvalue weighted by Gasteiger charge is -2.31. The lowest BCUT2D eigenvalue weighted by atomic mass is 9.97. The van der Waals surface area contributed by atoms with Crippen molar-refractivity contribution in [3.8, 4) is 6.07 Å². The summed E-state index contributed by atoms with van der Waals surface area (Å²) in [7, 11) is -3.57. The summed E-state index contributed by atoms with van der Waals surface area (Å²) in [6.45, 7) is 4.29. The molecule has 2 aromatic carbocycles. The lowest BCUT2D eigenvalue weighted by molar-refractivity contribution is -0.120. The van der Waals surface area contributed by atoms with Crippen LogP contribution in [-0.2, 0) is 14.8 Å². The maximum absolute atomic E-state index is 13.0. The first-order valence-corrected chi connectivity index (χ1v) is 10.6. The average Bonchev–Trinajstić information content (AvgIpc) is 2.70. The quantitative estimate of drug-likeness (QED) is 0.858. The summed E-state index contributed by atoms with van der Waals surface area (Å²) in [5, 5.41) is 11.8. The minimum absolute atomic E-state index is 0.140. The summed E-state index contributed by atoms with van der Waals surface area (Å²) in [5.41, 5.74) is 2.68. The van der Waals surface area contributed by atoms with Crippen LogP contribution < -0.4 is 5.32 Å². The molecule has 28 heavy (non-hydrogen) atoms. The third kappa shape index (κ3) is 4.24. The Bertz CT molecular complexity index is 1030. The van der Waals surface area contributed by atoms with Gasteiger partial charge in [0.2, 0.25) is 15.9 Å². The van der Waals surface area contributed by atoms with Gasteiger partial charge in [0.25, 0.3) is 0 Å². The van der Waals surface area contributed by atoms with Gasteiger partial charge in [0, 0.05) is 24.7 Å². The summed E-state index contributed by atoms with van der Waals surface area (Å²) in [4.78, 5) is 12.9. The summed E-state index contributed by atoms with van der Waals surface area (Å²) in [5.74, 6) is -0.394. The van der Waals surface area contributed by atoms with Crippen LogP contribution in [0.3, 0.4) is 0 Å². The van der Waals surface area contributed by atoms with E-state index in [1.165, 1.54) is 4.31 Å². The number of amides is 1. The molecular formula is C21H23N3O3S. The molecule has 0 aromatic heterocycles. The molecule has 1 aliphatic rings. The second-order valence-corrected chi connectivity index (χ2v) is 9.04. The molecule has 1 fully saturated rings. The number of hydrogen-bond acceptors (Lipinski definition) is 4. The third-order valence-electron chi connectivity index (χ3n) is 5.05. The highest BCUT2D eigenvalue weighted by atomic mass is 32.2. The summed E-state index contributed by atoms with van der Waals surface area (Å²) >= 11 is 0. The molecule has 7 heteroatoms. The molecule has 1 saturated heterocycles. The molecule has 1 aliphatic heterocycles. The van der Waals surface area contributed by atoms with Gasteiger partial charge < -0.3 is 5.32 Å². The Balaban J connectivity index is 1.66. The van der Waals surface area contributed by atoms with Crippen LogP contribution in [0.1, 0.15) is 29.5 Å². The largest absolute Gasteiger partial charge is 0.326 e. The monoisotopic (exact) mass is 397 g/mol. The number of sulfonamides is 1. The minimum atomic E-state index is -3.57. The van der Waals surface area contributed by atoms with E-state index in [9.17, 15) is 13.2 Å². The number of nitrogens with one attached hydrogen (secondary N) is 1. The molecule has 0 saturated carbocycles. The van der Waals surface area contributed by atoms with Crippen LogP contribution in [0.4, 0.5) is 5.69 Å². The number of rotatable bonds is 4. The van der Waals surface area contributed by atoms with Gasteiger partial charge in [-0.1, -0.05) is 18.2 Å². The van der Waals surface area contributed by atoms with Crippen LogP contribution in [0.2, 0.25) is 0 Å². The number of nitriles is 1. The number of carbonyl (C=O) groups excluding carboxylic acids is 1. The molecule has 0 atom stereocenters. The molecule has 0 radical (unpaired) electrons. The van der Waals surface area contributed by atoms with E-state index in [2.05, 4.69) is 5.32 Å². The smallest absolute Gasteiger partial charge is 0.243 e. The molecule has 0 bridgehead atoms. The van der Waals surface area contributed by atoms with E-state index < -0.39 is 10.0 Å². The van der Waals surface area contributed by atoms with Gasteiger partial charge in [-0.05, 0) is 62.1 Å². The Morgan fingerprint density at radius 3 is 2.54 bits per heavy atom. The zero-order valence-corrected chi connectivity index (χ0v) is 16.8. The normalized spacial score (nSPS) is 15.8. The van der Waals surface area contributed by atoms with E-state index in [4.69, 9.17) is 5.26 Å². The van der Waals surface area contributed by atoms with Crippen molar-refractivity contribution < 1.29 is 13.2 Å². The molecule has 1 amide bonds. The number of nitrogens with zero attached hydrogens (tertiary/aromatic N) is 2. The molecule has 146 valence electrons. The van der Waals surface area contributed by atoms with E-state index in [-0.39, 0.29) is 11.8 Å². The minimum Gasteiger partial charge on any atom is -0.326 e. The zero-order valence-electron chi connectivity index (χ0n) is 16.0. The van der Waals surface area contributed by atoms with E-state index in [0.717, 1.165) is 11.1 Å². The van der Waals surface area contributed by atoms with Gasteiger partial charge in [-0.2, -0.15) is 9.57 Å². The molecular weight excluding hydrogens is 374 g/mol. The molecule has 6 nitrogen and oxygen atoms in total. The van der Waals surface area contributed by atoms with Crippen LogP contribution in [0, 0.1) is 31.1 Å². The number of aryl methyl sites for hydroxylation is 2. The third-order valence-corrected chi connectivity index (χ3v) is 7.09. The van der Waals surface area contributed by atoms with Crippen molar-refractivity contribution in [1.29, 1.82) is 5.26 Å². The highest BCUT2D eigenvalue weighted by Crippen LogP contribution is 2.27. The molecule has 2 aromatic rings. The highest BCUT2D eigenvalue weighted by molar-refractivity contribution is 7.89. The first-order valence-electron chi connectivity index (χ1n) is 9.19. The molecule has 0 unspecified atom stereocenters.